The molecule has 3 nitrogen and oxygen atoms in total. The second-order valence-electron chi connectivity index (χ2n) is 5.19. The standard InChI is InChI=1S/C14H18O3/c1-9(2)10-3-5-11(6-4-10)12(15)14(7-8-14)13(16)17/h3-6,9,12,15H,7-8H2,1-2H3,(H,16,17). The Morgan fingerprint density at radius 3 is 2.00 bits per heavy atom. The number of carboxylic acids is 1. The van der Waals surface area contributed by atoms with Gasteiger partial charge in [-0.3, -0.25) is 4.79 Å². The fourth-order valence-electron chi connectivity index (χ4n) is 2.12. The van der Waals surface area contributed by atoms with Crippen LogP contribution in [0.4, 0.5) is 0 Å². The van der Waals surface area contributed by atoms with Gasteiger partial charge in [0.25, 0.3) is 0 Å². The Hall–Kier alpha value is -1.35. The number of aliphatic carboxylic acids is 1. The Balaban J connectivity index is 2.21. The summed E-state index contributed by atoms with van der Waals surface area (Å²) in [6.07, 6.45) is 0.242. The number of carboxylic acid groups (broad SMARTS) is 1. The maximum Gasteiger partial charge on any atom is 0.312 e. The van der Waals surface area contributed by atoms with E-state index in [1.807, 2.05) is 24.3 Å². The van der Waals surface area contributed by atoms with Crippen molar-refractivity contribution in [1.82, 2.24) is 0 Å². The molecular weight excluding hydrogens is 216 g/mol. The number of benzene rings is 1. The van der Waals surface area contributed by atoms with Gasteiger partial charge in [-0.25, -0.2) is 0 Å². The summed E-state index contributed by atoms with van der Waals surface area (Å²) < 4.78 is 0. The zero-order chi connectivity index (χ0) is 12.6. The lowest BCUT2D eigenvalue weighted by atomic mass is 9.91. The van der Waals surface area contributed by atoms with Gasteiger partial charge in [-0.05, 0) is 29.9 Å². The molecule has 1 aromatic rings. The molecule has 17 heavy (non-hydrogen) atoms. The van der Waals surface area contributed by atoms with Gasteiger partial charge in [-0.2, -0.15) is 0 Å². The molecule has 1 atom stereocenters. The van der Waals surface area contributed by atoms with E-state index in [1.165, 1.54) is 5.56 Å². The number of rotatable bonds is 4. The van der Waals surface area contributed by atoms with Crippen molar-refractivity contribution in [3.63, 3.8) is 0 Å². The van der Waals surface area contributed by atoms with E-state index in [0.29, 0.717) is 24.3 Å². The lowest BCUT2D eigenvalue weighted by molar-refractivity contribution is -0.148. The molecule has 3 heteroatoms. The number of aliphatic hydroxyl groups is 1. The van der Waals surface area contributed by atoms with Crippen LogP contribution in [0, 0.1) is 5.41 Å². The minimum absolute atomic E-state index is 0.440. The van der Waals surface area contributed by atoms with Crippen LogP contribution < -0.4 is 0 Å². The second-order valence-corrected chi connectivity index (χ2v) is 5.19. The van der Waals surface area contributed by atoms with Gasteiger partial charge in [0, 0.05) is 0 Å². The Morgan fingerprint density at radius 1 is 1.18 bits per heavy atom. The van der Waals surface area contributed by atoms with E-state index in [0.717, 1.165) is 0 Å². The SMILES string of the molecule is CC(C)c1ccc(C(O)C2(C(=O)O)CC2)cc1. The van der Waals surface area contributed by atoms with Crippen LogP contribution in [-0.4, -0.2) is 16.2 Å². The van der Waals surface area contributed by atoms with Crippen molar-refractivity contribution in [1.29, 1.82) is 0 Å². The second kappa shape index (κ2) is 4.15. The maximum atomic E-state index is 11.1. The summed E-state index contributed by atoms with van der Waals surface area (Å²) in [5, 5.41) is 19.2. The van der Waals surface area contributed by atoms with Gasteiger partial charge in [-0.15, -0.1) is 0 Å². The fraction of sp³-hybridized carbons (Fsp3) is 0.500. The molecule has 0 aliphatic heterocycles. The molecule has 0 spiro atoms. The van der Waals surface area contributed by atoms with Crippen molar-refractivity contribution >= 4 is 5.97 Å². The number of hydrogen-bond acceptors (Lipinski definition) is 2. The lowest BCUT2D eigenvalue weighted by Gasteiger charge is -2.19. The average Bonchev–Trinajstić information content (AvgIpc) is 3.09. The van der Waals surface area contributed by atoms with Gasteiger partial charge >= 0.3 is 5.97 Å². The van der Waals surface area contributed by atoms with E-state index in [-0.39, 0.29) is 0 Å². The van der Waals surface area contributed by atoms with E-state index in [4.69, 9.17) is 5.11 Å². The van der Waals surface area contributed by atoms with Crippen molar-refractivity contribution < 1.29 is 15.0 Å². The molecular formula is C14H18O3. The predicted octanol–water partition coefficient (Wildman–Crippen LogP) is 2.71. The zero-order valence-electron chi connectivity index (χ0n) is 10.2. The quantitative estimate of drug-likeness (QED) is 0.842. The van der Waals surface area contributed by atoms with E-state index in [1.54, 1.807) is 0 Å². The first kappa shape index (κ1) is 12.1. The lowest BCUT2D eigenvalue weighted by Crippen LogP contribution is -2.23. The maximum absolute atomic E-state index is 11.1. The minimum atomic E-state index is -0.931. The number of aliphatic hydroxyl groups excluding tert-OH is 1. The monoisotopic (exact) mass is 234 g/mol. The van der Waals surface area contributed by atoms with Gasteiger partial charge in [-0.1, -0.05) is 38.1 Å². The Labute approximate surface area is 101 Å². The predicted molar refractivity (Wildman–Crippen MR) is 64.8 cm³/mol. The smallest absolute Gasteiger partial charge is 0.312 e. The summed E-state index contributed by atoms with van der Waals surface area (Å²) in [7, 11) is 0. The summed E-state index contributed by atoms with van der Waals surface area (Å²) in [5.74, 6) is -0.450. The van der Waals surface area contributed by atoms with Crippen LogP contribution in [0.2, 0.25) is 0 Å². The van der Waals surface area contributed by atoms with Gasteiger partial charge in [0.2, 0.25) is 0 Å². The zero-order valence-corrected chi connectivity index (χ0v) is 10.2. The van der Waals surface area contributed by atoms with E-state index in [2.05, 4.69) is 13.8 Å². The molecule has 1 aliphatic rings. The Bertz CT molecular complexity index is 416. The van der Waals surface area contributed by atoms with Gasteiger partial charge in [0.05, 0.1) is 11.5 Å². The molecule has 0 saturated heterocycles. The minimum Gasteiger partial charge on any atom is -0.481 e. The van der Waals surface area contributed by atoms with Crippen molar-refractivity contribution in [3.05, 3.63) is 35.4 Å². The van der Waals surface area contributed by atoms with Crippen LogP contribution in [0.15, 0.2) is 24.3 Å². The third kappa shape index (κ3) is 2.07. The van der Waals surface area contributed by atoms with Crippen LogP contribution in [0.3, 0.4) is 0 Å². The molecule has 1 aliphatic carbocycles. The summed E-state index contributed by atoms with van der Waals surface area (Å²) in [6.45, 7) is 4.20. The molecule has 92 valence electrons. The summed E-state index contributed by atoms with van der Waals surface area (Å²) in [5.41, 5.74) is 0.967. The van der Waals surface area contributed by atoms with E-state index in [9.17, 15) is 9.90 Å². The first-order valence-corrected chi connectivity index (χ1v) is 5.99. The third-order valence-electron chi connectivity index (χ3n) is 3.66. The van der Waals surface area contributed by atoms with Crippen LogP contribution >= 0.6 is 0 Å². The highest BCUT2D eigenvalue weighted by atomic mass is 16.4. The van der Waals surface area contributed by atoms with E-state index >= 15 is 0 Å². The number of hydrogen-bond donors (Lipinski definition) is 2. The van der Waals surface area contributed by atoms with Gasteiger partial charge < -0.3 is 10.2 Å². The molecule has 0 aromatic heterocycles. The molecule has 1 saturated carbocycles. The van der Waals surface area contributed by atoms with Crippen molar-refractivity contribution in [2.45, 2.75) is 38.7 Å². The van der Waals surface area contributed by atoms with Crippen molar-refractivity contribution in [2.75, 3.05) is 0 Å². The van der Waals surface area contributed by atoms with Crippen LogP contribution in [0.1, 0.15) is 49.8 Å². The van der Waals surface area contributed by atoms with Gasteiger partial charge in [0.1, 0.15) is 0 Å². The highest BCUT2D eigenvalue weighted by Gasteiger charge is 2.56. The summed E-state index contributed by atoms with van der Waals surface area (Å²) >= 11 is 0. The largest absolute Gasteiger partial charge is 0.481 e. The number of carbonyl (C=O) groups is 1. The molecule has 0 bridgehead atoms. The molecule has 1 unspecified atom stereocenters. The van der Waals surface area contributed by atoms with Crippen molar-refractivity contribution in [3.8, 4) is 0 Å². The molecule has 0 heterocycles. The normalized spacial score (nSPS) is 19.1. The van der Waals surface area contributed by atoms with Crippen LogP contribution in [0.25, 0.3) is 0 Å². The average molecular weight is 234 g/mol. The van der Waals surface area contributed by atoms with Crippen molar-refractivity contribution in [2.24, 2.45) is 5.41 Å². The highest BCUT2D eigenvalue weighted by Crippen LogP contribution is 2.55. The molecule has 1 fully saturated rings. The highest BCUT2D eigenvalue weighted by molar-refractivity contribution is 5.79. The Morgan fingerprint density at radius 2 is 1.65 bits per heavy atom. The molecule has 1 aromatic carbocycles. The summed E-state index contributed by atoms with van der Waals surface area (Å²) in [6, 6.07) is 7.59. The molecule has 0 amide bonds. The van der Waals surface area contributed by atoms with Crippen LogP contribution in [-0.2, 0) is 4.79 Å². The third-order valence-corrected chi connectivity index (χ3v) is 3.66. The van der Waals surface area contributed by atoms with Gasteiger partial charge in [0.15, 0.2) is 0 Å². The first-order valence-electron chi connectivity index (χ1n) is 5.99. The summed E-state index contributed by atoms with van der Waals surface area (Å²) in [4.78, 5) is 11.1. The fourth-order valence-corrected chi connectivity index (χ4v) is 2.12. The van der Waals surface area contributed by atoms with Crippen LogP contribution in [0.5, 0.6) is 0 Å². The Kier molecular flexibility index (Phi) is 2.96. The molecule has 2 rings (SSSR count). The van der Waals surface area contributed by atoms with E-state index < -0.39 is 17.5 Å². The molecule has 0 radical (unpaired) electrons. The first-order chi connectivity index (χ1) is 7.97. The topological polar surface area (TPSA) is 57.5 Å². The molecule has 2 N–H and O–H groups in total.